The van der Waals surface area contributed by atoms with Crippen molar-refractivity contribution >= 4 is 0 Å². The summed E-state index contributed by atoms with van der Waals surface area (Å²) in [5, 5.41) is 6.99. The highest BCUT2D eigenvalue weighted by molar-refractivity contribution is 5.41. The zero-order valence-electron chi connectivity index (χ0n) is 11.8. The summed E-state index contributed by atoms with van der Waals surface area (Å²) in [6.45, 7) is 9.26. The SMILES string of the molecule is COc1c(C)cnc(CNC2(C)CCNC2)c1C. The molecular formula is C14H23N3O. The molecule has 4 heteroatoms. The normalized spacial score (nSPS) is 23.3. The van der Waals surface area contributed by atoms with Gasteiger partial charge in [0.1, 0.15) is 5.75 Å². The van der Waals surface area contributed by atoms with Gasteiger partial charge in [0.2, 0.25) is 0 Å². The number of hydrogen-bond donors (Lipinski definition) is 2. The summed E-state index contributed by atoms with van der Waals surface area (Å²) in [5.74, 6) is 0.955. The molecule has 2 N–H and O–H groups in total. The lowest BCUT2D eigenvalue weighted by atomic mass is 10.0. The van der Waals surface area contributed by atoms with Gasteiger partial charge in [0.05, 0.1) is 12.8 Å². The Morgan fingerprint density at radius 2 is 2.28 bits per heavy atom. The predicted octanol–water partition coefficient (Wildman–Crippen LogP) is 1.55. The summed E-state index contributed by atoms with van der Waals surface area (Å²) in [6, 6.07) is 0. The zero-order chi connectivity index (χ0) is 13.2. The zero-order valence-corrected chi connectivity index (χ0v) is 11.8. The Balaban J connectivity index is 2.10. The molecule has 1 aliphatic rings. The second-order valence-electron chi connectivity index (χ2n) is 5.39. The lowest BCUT2D eigenvalue weighted by Crippen LogP contribution is -2.43. The molecule has 1 aromatic heterocycles. The van der Waals surface area contributed by atoms with E-state index >= 15 is 0 Å². The fraction of sp³-hybridized carbons (Fsp3) is 0.643. The standard InChI is InChI=1S/C14H23N3O/c1-10-7-16-12(11(2)13(10)18-4)8-17-14(3)5-6-15-9-14/h7,15,17H,5-6,8-9H2,1-4H3. The third kappa shape index (κ3) is 2.65. The first-order valence-electron chi connectivity index (χ1n) is 6.50. The maximum Gasteiger partial charge on any atom is 0.128 e. The molecule has 0 aromatic carbocycles. The average Bonchev–Trinajstić information content (AvgIpc) is 2.76. The molecule has 0 radical (unpaired) electrons. The van der Waals surface area contributed by atoms with Crippen molar-refractivity contribution in [3.63, 3.8) is 0 Å². The molecule has 1 fully saturated rings. The summed E-state index contributed by atoms with van der Waals surface area (Å²) >= 11 is 0. The Morgan fingerprint density at radius 1 is 1.50 bits per heavy atom. The molecule has 0 amide bonds. The van der Waals surface area contributed by atoms with Crippen LogP contribution in [0.5, 0.6) is 5.75 Å². The van der Waals surface area contributed by atoms with Gasteiger partial charge >= 0.3 is 0 Å². The number of aryl methyl sites for hydroxylation is 1. The number of nitrogens with one attached hydrogen (secondary N) is 2. The van der Waals surface area contributed by atoms with Crippen LogP contribution in [-0.2, 0) is 6.54 Å². The van der Waals surface area contributed by atoms with Crippen LogP contribution >= 0.6 is 0 Å². The highest BCUT2D eigenvalue weighted by Crippen LogP contribution is 2.24. The van der Waals surface area contributed by atoms with Crippen LogP contribution in [0, 0.1) is 13.8 Å². The van der Waals surface area contributed by atoms with Gasteiger partial charge in [-0.1, -0.05) is 0 Å². The lowest BCUT2D eigenvalue weighted by molar-refractivity contribution is 0.379. The number of aromatic nitrogens is 1. The van der Waals surface area contributed by atoms with Gasteiger partial charge in [0.25, 0.3) is 0 Å². The third-order valence-corrected chi connectivity index (χ3v) is 3.80. The Hall–Kier alpha value is -1.13. The van der Waals surface area contributed by atoms with E-state index in [0.29, 0.717) is 0 Å². The molecule has 1 aliphatic heterocycles. The van der Waals surface area contributed by atoms with Crippen LogP contribution in [0.4, 0.5) is 0 Å². The second-order valence-corrected chi connectivity index (χ2v) is 5.39. The van der Waals surface area contributed by atoms with Crippen LogP contribution in [0.1, 0.15) is 30.2 Å². The fourth-order valence-electron chi connectivity index (χ4n) is 2.51. The maximum absolute atomic E-state index is 5.43. The lowest BCUT2D eigenvalue weighted by Gasteiger charge is -2.25. The summed E-state index contributed by atoms with van der Waals surface area (Å²) in [6.07, 6.45) is 3.05. The largest absolute Gasteiger partial charge is 0.496 e. The first kappa shape index (κ1) is 13.3. The van der Waals surface area contributed by atoms with Gasteiger partial charge < -0.3 is 15.4 Å². The maximum atomic E-state index is 5.43. The van der Waals surface area contributed by atoms with E-state index in [1.54, 1.807) is 7.11 Å². The van der Waals surface area contributed by atoms with E-state index in [4.69, 9.17) is 4.74 Å². The number of methoxy groups -OCH3 is 1. The van der Waals surface area contributed by atoms with Crippen LogP contribution in [0.2, 0.25) is 0 Å². The molecule has 1 aromatic rings. The highest BCUT2D eigenvalue weighted by atomic mass is 16.5. The molecule has 4 nitrogen and oxygen atoms in total. The van der Waals surface area contributed by atoms with Crippen molar-refractivity contribution in [3.05, 3.63) is 23.0 Å². The molecule has 1 atom stereocenters. The summed E-state index contributed by atoms with van der Waals surface area (Å²) in [5.41, 5.74) is 3.49. The quantitative estimate of drug-likeness (QED) is 0.850. The van der Waals surface area contributed by atoms with E-state index in [-0.39, 0.29) is 5.54 Å². The molecule has 1 saturated heterocycles. The number of ether oxygens (including phenoxy) is 1. The third-order valence-electron chi connectivity index (χ3n) is 3.80. The smallest absolute Gasteiger partial charge is 0.128 e. The fourth-order valence-corrected chi connectivity index (χ4v) is 2.51. The van der Waals surface area contributed by atoms with Crippen molar-refractivity contribution in [1.29, 1.82) is 0 Å². The molecule has 100 valence electrons. The number of hydrogen-bond acceptors (Lipinski definition) is 4. The van der Waals surface area contributed by atoms with Crippen LogP contribution in [0.15, 0.2) is 6.20 Å². The monoisotopic (exact) mass is 249 g/mol. The van der Waals surface area contributed by atoms with Gasteiger partial charge in [-0.25, -0.2) is 0 Å². The van der Waals surface area contributed by atoms with Gasteiger partial charge in [-0.2, -0.15) is 0 Å². The Kier molecular flexibility index (Phi) is 3.88. The predicted molar refractivity (Wildman–Crippen MR) is 73.0 cm³/mol. The van der Waals surface area contributed by atoms with Crippen molar-refractivity contribution in [2.75, 3.05) is 20.2 Å². The van der Waals surface area contributed by atoms with Crippen molar-refractivity contribution in [2.24, 2.45) is 0 Å². The Bertz CT molecular complexity index is 425. The van der Waals surface area contributed by atoms with Crippen LogP contribution < -0.4 is 15.4 Å². The molecule has 0 spiro atoms. The van der Waals surface area contributed by atoms with Crippen LogP contribution in [-0.4, -0.2) is 30.7 Å². The molecule has 0 aliphatic carbocycles. The van der Waals surface area contributed by atoms with Crippen molar-refractivity contribution in [2.45, 2.75) is 39.3 Å². The minimum absolute atomic E-state index is 0.187. The van der Waals surface area contributed by atoms with E-state index in [2.05, 4.69) is 29.5 Å². The number of rotatable bonds is 4. The van der Waals surface area contributed by atoms with E-state index in [0.717, 1.165) is 48.6 Å². The van der Waals surface area contributed by atoms with Gasteiger partial charge in [-0.3, -0.25) is 4.98 Å². The minimum Gasteiger partial charge on any atom is -0.496 e. The topological polar surface area (TPSA) is 46.2 Å². The first-order valence-corrected chi connectivity index (χ1v) is 6.50. The molecule has 2 rings (SSSR count). The molecule has 18 heavy (non-hydrogen) atoms. The first-order chi connectivity index (χ1) is 8.56. The van der Waals surface area contributed by atoms with Gasteiger partial charge in [0.15, 0.2) is 0 Å². The Labute approximate surface area is 109 Å². The summed E-state index contributed by atoms with van der Waals surface area (Å²) in [4.78, 5) is 4.52. The van der Waals surface area contributed by atoms with E-state index < -0.39 is 0 Å². The molecule has 1 unspecified atom stereocenters. The van der Waals surface area contributed by atoms with Gasteiger partial charge in [0, 0.05) is 36.0 Å². The molecule has 0 bridgehead atoms. The Morgan fingerprint density at radius 3 is 2.89 bits per heavy atom. The van der Waals surface area contributed by atoms with Crippen LogP contribution in [0.3, 0.4) is 0 Å². The molecule has 0 saturated carbocycles. The van der Waals surface area contributed by atoms with E-state index in [1.165, 1.54) is 0 Å². The minimum atomic E-state index is 0.187. The summed E-state index contributed by atoms with van der Waals surface area (Å²) in [7, 11) is 1.72. The van der Waals surface area contributed by atoms with E-state index in [1.807, 2.05) is 13.1 Å². The van der Waals surface area contributed by atoms with Crippen LogP contribution in [0.25, 0.3) is 0 Å². The van der Waals surface area contributed by atoms with Gasteiger partial charge in [-0.15, -0.1) is 0 Å². The molecular weight excluding hydrogens is 226 g/mol. The average molecular weight is 249 g/mol. The van der Waals surface area contributed by atoms with Crippen molar-refractivity contribution in [3.8, 4) is 5.75 Å². The van der Waals surface area contributed by atoms with E-state index in [9.17, 15) is 0 Å². The highest BCUT2D eigenvalue weighted by Gasteiger charge is 2.27. The van der Waals surface area contributed by atoms with Gasteiger partial charge in [-0.05, 0) is 33.7 Å². The summed E-state index contributed by atoms with van der Waals surface area (Å²) < 4.78 is 5.43. The van der Waals surface area contributed by atoms with Crippen molar-refractivity contribution in [1.82, 2.24) is 15.6 Å². The number of nitrogens with zero attached hydrogens (tertiary/aromatic N) is 1. The second kappa shape index (κ2) is 5.24. The molecule has 2 heterocycles. The number of pyridine rings is 1. The van der Waals surface area contributed by atoms with Crippen molar-refractivity contribution < 1.29 is 4.74 Å².